The minimum Gasteiger partial charge on any atom is -0.472 e. The van der Waals surface area contributed by atoms with Gasteiger partial charge in [-0.25, -0.2) is 4.79 Å². The molecule has 0 bridgehead atoms. The predicted molar refractivity (Wildman–Crippen MR) is 120 cm³/mol. The highest BCUT2D eigenvalue weighted by atomic mass is 16.5. The van der Waals surface area contributed by atoms with Gasteiger partial charge in [0.15, 0.2) is 6.73 Å². The summed E-state index contributed by atoms with van der Waals surface area (Å²) in [5.74, 6) is 0.817. The number of hydrogen-bond donors (Lipinski definition) is 0. The summed E-state index contributed by atoms with van der Waals surface area (Å²) in [5.41, 5.74) is 7.81. The Hall–Kier alpha value is -3.53. The Morgan fingerprint density at radius 2 is 1.70 bits per heavy atom. The SMILES string of the molecule is Cc1cccc(N2COc3c(cc4c(-c5ccccc5)cc(=O)oc4c3C)C2)c1C. The Morgan fingerprint density at radius 1 is 0.900 bits per heavy atom. The maximum absolute atomic E-state index is 12.3. The smallest absolute Gasteiger partial charge is 0.336 e. The molecule has 2 heterocycles. The first-order valence-corrected chi connectivity index (χ1v) is 10.1. The molecule has 0 radical (unpaired) electrons. The highest BCUT2D eigenvalue weighted by Crippen LogP contribution is 2.39. The lowest BCUT2D eigenvalue weighted by molar-refractivity contribution is 0.287. The zero-order valence-corrected chi connectivity index (χ0v) is 17.4. The summed E-state index contributed by atoms with van der Waals surface area (Å²) >= 11 is 0. The van der Waals surface area contributed by atoms with E-state index in [2.05, 4.69) is 43.0 Å². The van der Waals surface area contributed by atoms with E-state index < -0.39 is 0 Å². The Bertz CT molecular complexity index is 1320. The van der Waals surface area contributed by atoms with Gasteiger partial charge < -0.3 is 14.1 Å². The van der Waals surface area contributed by atoms with E-state index in [0.717, 1.165) is 39.9 Å². The molecule has 3 aromatic carbocycles. The normalized spacial score (nSPS) is 13.2. The van der Waals surface area contributed by atoms with E-state index in [4.69, 9.17) is 9.15 Å². The minimum atomic E-state index is -0.350. The molecule has 1 aliphatic rings. The molecule has 1 aliphatic heterocycles. The summed E-state index contributed by atoms with van der Waals surface area (Å²) < 4.78 is 11.8. The van der Waals surface area contributed by atoms with Crippen LogP contribution >= 0.6 is 0 Å². The number of benzene rings is 3. The number of nitrogens with zero attached hydrogens (tertiary/aromatic N) is 1. The van der Waals surface area contributed by atoms with Crippen LogP contribution in [0.25, 0.3) is 22.1 Å². The summed E-state index contributed by atoms with van der Waals surface area (Å²) in [5, 5.41) is 0.934. The van der Waals surface area contributed by atoms with Crippen molar-refractivity contribution >= 4 is 16.7 Å². The van der Waals surface area contributed by atoms with Crippen LogP contribution in [-0.2, 0) is 6.54 Å². The number of fused-ring (bicyclic) bond motifs is 2. The van der Waals surface area contributed by atoms with E-state index in [9.17, 15) is 4.79 Å². The lowest BCUT2D eigenvalue weighted by Gasteiger charge is -2.33. The van der Waals surface area contributed by atoms with Gasteiger partial charge in [0, 0.05) is 34.8 Å². The summed E-state index contributed by atoms with van der Waals surface area (Å²) in [6.07, 6.45) is 0. The number of hydrogen-bond acceptors (Lipinski definition) is 4. The Balaban J connectivity index is 1.68. The topological polar surface area (TPSA) is 42.7 Å². The van der Waals surface area contributed by atoms with Gasteiger partial charge in [-0.2, -0.15) is 0 Å². The zero-order chi connectivity index (χ0) is 20.8. The van der Waals surface area contributed by atoms with E-state index >= 15 is 0 Å². The fourth-order valence-corrected chi connectivity index (χ4v) is 4.31. The molecule has 0 unspecified atom stereocenters. The van der Waals surface area contributed by atoms with Crippen molar-refractivity contribution in [3.8, 4) is 16.9 Å². The predicted octanol–water partition coefficient (Wildman–Crippen LogP) is 5.74. The highest BCUT2D eigenvalue weighted by molar-refractivity contribution is 5.96. The van der Waals surface area contributed by atoms with Crippen molar-refractivity contribution in [1.29, 1.82) is 0 Å². The van der Waals surface area contributed by atoms with E-state index in [1.54, 1.807) is 6.07 Å². The van der Waals surface area contributed by atoms with Crippen molar-refractivity contribution in [2.45, 2.75) is 27.3 Å². The first kappa shape index (κ1) is 18.5. The third-order valence-electron chi connectivity index (χ3n) is 6.02. The van der Waals surface area contributed by atoms with Crippen LogP contribution in [0.4, 0.5) is 5.69 Å². The largest absolute Gasteiger partial charge is 0.472 e. The zero-order valence-electron chi connectivity index (χ0n) is 17.4. The van der Waals surface area contributed by atoms with Crippen LogP contribution in [0.2, 0.25) is 0 Å². The van der Waals surface area contributed by atoms with Gasteiger partial charge in [-0.1, -0.05) is 42.5 Å². The van der Waals surface area contributed by atoms with Crippen molar-refractivity contribution in [3.63, 3.8) is 0 Å². The molecule has 0 spiro atoms. The van der Waals surface area contributed by atoms with Gasteiger partial charge in [0.25, 0.3) is 0 Å². The quantitative estimate of drug-likeness (QED) is 0.405. The van der Waals surface area contributed by atoms with E-state index in [0.29, 0.717) is 12.3 Å². The van der Waals surface area contributed by atoms with Crippen molar-refractivity contribution < 1.29 is 9.15 Å². The number of ether oxygens (including phenoxy) is 1. The van der Waals surface area contributed by atoms with E-state index in [1.165, 1.54) is 16.8 Å². The minimum absolute atomic E-state index is 0.350. The maximum atomic E-state index is 12.3. The van der Waals surface area contributed by atoms with Crippen LogP contribution in [0.15, 0.2) is 69.9 Å². The molecular formula is C26H23NO3. The van der Waals surface area contributed by atoms with Gasteiger partial charge in [0.2, 0.25) is 0 Å². The monoisotopic (exact) mass is 397 g/mol. The van der Waals surface area contributed by atoms with E-state index in [-0.39, 0.29) is 5.63 Å². The molecule has 1 aromatic heterocycles. The average molecular weight is 397 g/mol. The Kier molecular flexibility index (Phi) is 4.35. The second kappa shape index (κ2) is 7.06. The second-order valence-corrected chi connectivity index (χ2v) is 7.90. The fraction of sp³-hybridized carbons (Fsp3) is 0.192. The first-order valence-electron chi connectivity index (χ1n) is 10.1. The van der Waals surface area contributed by atoms with Crippen LogP contribution in [-0.4, -0.2) is 6.73 Å². The Labute approximate surface area is 175 Å². The summed E-state index contributed by atoms with van der Waals surface area (Å²) in [4.78, 5) is 14.5. The molecule has 4 aromatic rings. The lowest BCUT2D eigenvalue weighted by atomic mass is 9.96. The second-order valence-electron chi connectivity index (χ2n) is 7.90. The van der Waals surface area contributed by atoms with Crippen LogP contribution < -0.4 is 15.3 Å². The van der Waals surface area contributed by atoms with Crippen molar-refractivity contribution in [1.82, 2.24) is 0 Å². The third-order valence-corrected chi connectivity index (χ3v) is 6.02. The summed E-state index contributed by atoms with van der Waals surface area (Å²) in [7, 11) is 0. The molecule has 0 aliphatic carbocycles. The standard InChI is InChI=1S/C26H23NO3/c1-16-8-7-11-23(17(16)2)27-14-20-12-22-21(19-9-5-4-6-10-19)13-24(28)30-26(22)18(3)25(20)29-15-27/h4-13H,14-15H2,1-3H3. The molecule has 0 N–H and O–H groups in total. The van der Waals surface area contributed by atoms with Gasteiger partial charge in [-0.05, 0) is 55.2 Å². The lowest BCUT2D eigenvalue weighted by Crippen LogP contribution is -2.32. The number of aryl methyl sites for hydroxylation is 2. The molecule has 150 valence electrons. The van der Waals surface area contributed by atoms with Crippen molar-refractivity contribution in [2.75, 3.05) is 11.6 Å². The summed E-state index contributed by atoms with van der Waals surface area (Å²) in [6, 6.07) is 20.0. The number of anilines is 1. The van der Waals surface area contributed by atoms with Crippen LogP contribution in [0.5, 0.6) is 5.75 Å². The van der Waals surface area contributed by atoms with Crippen LogP contribution in [0.3, 0.4) is 0 Å². The molecule has 5 rings (SSSR count). The molecule has 0 saturated carbocycles. The van der Waals surface area contributed by atoms with Gasteiger partial charge in [0.05, 0.1) is 0 Å². The molecule has 4 heteroatoms. The molecule has 0 fully saturated rings. The Morgan fingerprint density at radius 3 is 2.50 bits per heavy atom. The van der Waals surface area contributed by atoms with Gasteiger partial charge >= 0.3 is 5.63 Å². The van der Waals surface area contributed by atoms with E-state index in [1.807, 2.05) is 37.3 Å². The van der Waals surface area contributed by atoms with Crippen molar-refractivity contribution in [3.05, 3.63) is 93.3 Å². The molecule has 4 nitrogen and oxygen atoms in total. The van der Waals surface area contributed by atoms with Crippen LogP contribution in [0, 0.1) is 20.8 Å². The van der Waals surface area contributed by atoms with Gasteiger partial charge in [-0.3, -0.25) is 0 Å². The maximum Gasteiger partial charge on any atom is 0.336 e. The molecule has 0 amide bonds. The molecule has 30 heavy (non-hydrogen) atoms. The first-order chi connectivity index (χ1) is 14.5. The molecule has 0 saturated heterocycles. The average Bonchev–Trinajstić information content (AvgIpc) is 2.76. The van der Waals surface area contributed by atoms with Gasteiger partial charge in [-0.15, -0.1) is 0 Å². The van der Waals surface area contributed by atoms with Gasteiger partial charge in [0.1, 0.15) is 11.3 Å². The molecular weight excluding hydrogens is 374 g/mol. The highest BCUT2D eigenvalue weighted by Gasteiger charge is 2.24. The fourth-order valence-electron chi connectivity index (χ4n) is 4.31. The molecule has 0 atom stereocenters. The van der Waals surface area contributed by atoms with Crippen molar-refractivity contribution in [2.24, 2.45) is 0 Å². The third kappa shape index (κ3) is 2.96. The van der Waals surface area contributed by atoms with Crippen LogP contribution in [0.1, 0.15) is 22.3 Å². The summed E-state index contributed by atoms with van der Waals surface area (Å²) in [6.45, 7) is 7.44. The number of rotatable bonds is 2.